The molecule has 3 nitrogen and oxygen atoms in total. The number of halogens is 3. The highest BCUT2D eigenvalue weighted by atomic mass is 32.2. The number of nitrogens with zero attached hydrogens (tertiary/aromatic N) is 1. The van der Waals surface area contributed by atoms with Gasteiger partial charge in [-0.25, -0.2) is 8.42 Å². The van der Waals surface area contributed by atoms with Crippen LogP contribution in [-0.2, 0) is 22.7 Å². The Balaban J connectivity index is 2.25. The van der Waals surface area contributed by atoms with Crippen molar-refractivity contribution in [2.75, 3.05) is 7.05 Å². The second kappa shape index (κ2) is 6.57. The van der Waals surface area contributed by atoms with Gasteiger partial charge in [-0.1, -0.05) is 24.3 Å². The Labute approximate surface area is 139 Å². The second-order valence-electron chi connectivity index (χ2n) is 5.72. The van der Waals surface area contributed by atoms with Crippen LogP contribution in [0, 0.1) is 13.8 Å². The van der Waals surface area contributed by atoms with Crippen molar-refractivity contribution in [1.29, 1.82) is 0 Å². The van der Waals surface area contributed by atoms with E-state index in [1.165, 1.54) is 19.2 Å². The largest absolute Gasteiger partial charge is 0.416 e. The predicted molar refractivity (Wildman–Crippen MR) is 86.0 cm³/mol. The first-order valence-electron chi connectivity index (χ1n) is 7.21. The summed E-state index contributed by atoms with van der Waals surface area (Å²) in [5.41, 5.74) is 1.17. The van der Waals surface area contributed by atoms with Crippen LogP contribution >= 0.6 is 0 Å². The number of aryl methyl sites for hydroxylation is 2. The van der Waals surface area contributed by atoms with Gasteiger partial charge in [0.15, 0.2) is 0 Å². The monoisotopic (exact) mass is 357 g/mol. The lowest BCUT2D eigenvalue weighted by Gasteiger charge is -2.19. The van der Waals surface area contributed by atoms with Gasteiger partial charge in [0.05, 0.1) is 10.5 Å². The molecule has 0 heterocycles. The molecule has 2 aromatic rings. The normalized spacial score (nSPS) is 12.6. The fraction of sp³-hybridized carbons (Fsp3) is 0.294. The first-order chi connectivity index (χ1) is 11.0. The van der Waals surface area contributed by atoms with Crippen LogP contribution in [0.4, 0.5) is 13.2 Å². The molecule has 0 N–H and O–H groups in total. The van der Waals surface area contributed by atoms with E-state index >= 15 is 0 Å². The van der Waals surface area contributed by atoms with Crippen molar-refractivity contribution < 1.29 is 21.6 Å². The molecular formula is C17H18F3NO2S. The van der Waals surface area contributed by atoms with Crippen molar-refractivity contribution >= 4 is 10.0 Å². The van der Waals surface area contributed by atoms with Crippen LogP contribution in [0.25, 0.3) is 0 Å². The third-order valence-electron chi connectivity index (χ3n) is 3.72. The first-order valence-corrected chi connectivity index (χ1v) is 8.65. The zero-order chi connectivity index (χ0) is 18.1. The summed E-state index contributed by atoms with van der Waals surface area (Å²) in [4.78, 5) is 0.205. The van der Waals surface area contributed by atoms with Crippen LogP contribution in [0.5, 0.6) is 0 Å². The smallest absolute Gasteiger partial charge is 0.207 e. The van der Waals surface area contributed by atoms with E-state index in [4.69, 9.17) is 0 Å². The Morgan fingerprint density at radius 2 is 1.58 bits per heavy atom. The standard InChI is InChI=1S/C17H18F3NO2S/c1-12-4-5-13(2)16(10-12)24(22,23)21(3)11-14-6-8-15(9-7-14)17(18,19)20/h4-10H,11H2,1-3H3. The molecule has 0 unspecified atom stereocenters. The van der Waals surface area contributed by atoms with Gasteiger partial charge >= 0.3 is 6.18 Å². The minimum absolute atomic E-state index is 0.00610. The van der Waals surface area contributed by atoms with E-state index in [1.54, 1.807) is 26.0 Å². The molecule has 0 aliphatic rings. The lowest BCUT2D eigenvalue weighted by Crippen LogP contribution is -2.27. The molecule has 0 saturated carbocycles. The average Bonchev–Trinajstić information content (AvgIpc) is 2.49. The van der Waals surface area contributed by atoms with Gasteiger partial charge in [-0.3, -0.25) is 0 Å². The minimum Gasteiger partial charge on any atom is -0.207 e. The Bertz CT molecular complexity index is 828. The Morgan fingerprint density at radius 1 is 1.00 bits per heavy atom. The Kier molecular flexibility index (Phi) is 5.05. The number of hydrogen-bond acceptors (Lipinski definition) is 2. The number of hydrogen-bond donors (Lipinski definition) is 0. The van der Waals surface area contributed by atoms with Crippen LogP contribution < -0.4 is 0 Å². The van der Waals surface area contributed by atoms with Crippen LogP contribution in [0.15, 0.2) is 47.4 Å². The molecule has 2 rings (SSSR count). The Morgan fingerprint density at radius 3 is 2.12 bits per heavy atom. The fourth-order valence-electron chi connectivity index (χ4n) is 2.29. The van der Waals surface area contributed by atoms with Gasteiger partial charge in [0.1, 0.15) is 0 Å². The highest BCUT2D eigenvalue weighted by Crippen LogP contribution is 2.29. The van der Waals surface area contributed by atoms with Gasteiger partial charge in [0.25, 0.3) is 0 Å². The highest BCUT2D eigenvalue weighted by Gasteiger charge is 2.30. The van der Waals surface area contributed by atoms with Crippen molar-refractivity contribution in [3.63, 3.8) is 0 Å². The number of benzene rings is 2. The molecule has 24 heavy (non-hydrogen) atoms. The van der Waals surface area contributed by atoms with E-state index in [9.17, 15) is 21.6 Å². The average molecular weight is 357 g/mol. The lowest BCUT2D eigenvalue weighted by atomic mass is 10.1. The van der Waals surface area contributed by atoms with Crippen molar-refractivity contribution in [2.45, 2.75) is 31.5 Å². The van der Waals surface area contributed by atoms with Crippen molar-refractivity contribution in [1.82, 2.24) is 4.31 Å². The first kappa shape index (κ1) is 18.5. The summed E-state index contributed by atoms with van der Waals surface area (Å²) in [7, 11) is -2.31. The summed E-state index contributed by atoms with van der Waals surface area (Å²) in [6.07, 6.45) is -4.41. The van der Waals surface area contributed by atoms with Crippen LogP contribution in [0.2, 0.25) is 0 Å². The third-order valence-corrected chi connectivity index (χ3v) is 5.66. The van der Waals surface area contributed by atoms with Gasteiger partial charge < -0.3 is 0 Å². The van der Waals surface area contributed by atoms with Crippen LogP contribution in [-0.4, -0.2) is 19.8 Å². The molecule has 0 fully saturated rings. The molecule has 2 aromatic carbocycles. The number of rotatable bonds is 4. The maximum absolute atomic E-state index is 12.7. The van der Waals surface area contributed by atoms with Gasteiger partial charge in [0.2, 0.25) is 10.0 Å². The van der Waals surface area contributed by atoms with E-state index in [2.05, 4.69) is 0 Å². The van der Waals surface area contributed by atoms with Crippen molar-refractivity contribution in [2.24, 2.45) is 0 Å². The molecule has 130 valence electrons. The summed E-state index contributed by atoms with van der Waals surface area (Å²) in [6.45, 7) is 3.50. The maximum Gasteiger partial charge on any atom is 0.416 e. The quantitative estimate of drug-likeness (QED) is 0.825. The maximum atomic E-state index is 12.7. The van der Waals surface area contributed by atoms with E-state index in [-0.39, 0.29) is 11.4 Å². The summed E-state index contributed by atoms with van der Waals surface area (Å²) in [6, 6.07) is 9.63. The minimum atomic E-state index is -4.41. The predicted octanol–water partition coefficient (Wildman–Crippen LogP) is 4.14. The van der Waals surface area contributed by atoms with Gasteiger partial charge in [-0.2, -0.15) is 17.5 Å². The molecule has 0 radical (unpaired) electrons. The summed E-state index contributed by atoms with van der Waals surface area (Å²) in [5.74, 6) is 0. The molecule has 0 bridgehead atoms. The van der Waals surface area contributed by atoms with Crippen LogP contribution in [0.3, 0.4) is 0 Å². The molecule has 0 spiro atoms. The molecule has 0 saturated heterocycles. The number of alkyl halides is 3. The fourth-order valence-corrected chi connectivity index (χ4v) is 3.76. The van der Waals surface area contributed by atoms with Gasteiger partial charge in [-0.05, 0) is 48.7 Å². The SMILES string of the molecule is Cc1ccc(C)c(S(=O)(=O)N(C)Cc2ccc(C(F)(F)F)cc2)c1. The Hall–Kier alpha value is -1.86. The van der Waals surface area contributed by atoms with Crippen molar-refractivity contribution in [3.05, 3.63) is 64.7 Å². The lowest BCUT2D eigenvalue weighted by molar-refractivity contribution is -0.137. The highest BCUT2D eigenvalue weighted by molar-refractivity contribution is 7.89. The number of sulfonamides is 1. The van der Waals surface area contributed by atoms with Crippen LogP contribution in [0.1, 0.15) is 22.3 Å². The zero-order valence-corrected chi connectivity index (χ0v) is 14.4. The molecule has 7 heteroatoms. The summed E-state index contributed by atoms with van der Waals surface area (Å²) >= 11 is 0. The molecule has 0 aliphatic heterocycles. The summed E-state index contributed by atoms with van der Waals surface area (Å²) in [5, 5.41) is 0. The molecule has 0 aliphatic carbocycles. The van der Waals surface area contributed by atoms with E-state index in [0.29, 0.717) is 11.1 Å². The second-order valence-corrected chi connectivity index (χ2v) is 7.74. The summed E-state index contributed by atoms with van der Waals surface area (Å²) < 4.78 is 64.2. The molecule has 0 aromatic heterocycles. The third kappa shape index (κ3) is 3.96. The van der Waals surface area contributed by atoms with Gasteiger partial charge in [-0.15, -0.1) is 0 Å². The zero-order valence-electron chi connectivity index (χ0n) is 13.6. The van der Waals surface area contributed by atoms with E-state index in [0.717, 1.165) is 22.0 Å². The molecule has 0 atom stereocenters. The van der Waals surface area contributed by atoms with E-state index < -0.39 is 21.8 Å². The van der Waals surface area contributed by atoms with E-state index in [1.807, 2.05) is 6.07 Å². The van der Waals surface area contributed by atoms with Gasteiger partial charge in [0, 0.05) is 13.6 Å². The molecule has 0 amide bonds. The topological polar surface area (TPSA) is 37.4 Å². The van der Waals surface area contributed by atoms with Crippen molar-refractivity contribution in [3.8, 4) is 0 Å². The molecular weight excluding hydrogens is 339 g/mol.